The molecule has 78 valence electrons. The summed E-state index contributed by atoms with van der Waals surface area (Å²) in [6.07, 6.45) is 0. The molecule has 1 nitrogen and oxygen atoms in total. The first kappa shape index (κ1) is 9.48. The lowest BCUT2D eigenvalue weighted by molar-refractivity contribution is 0.631. The van der Waals surface area contributed by atoms with E-state index in [1.54, 1.807) is 12.1 Å². The molecular weight excluding hydrogens is 221 g/mol. The van der Waals surface area contributed by atoms with Crippen LogP contribution in [-0.4, -0.2) is 4.98 Å². The third-order valence-electron chi connectivity index (χ3n) is 2.40. The molecule has 0 saturated heterocycles. The van der Waals surface area contributed by atoms with Gasteiger partial charge in [0.2, 0.25) is 0 Å². The van der Waals surface area contributed by atoms with Crippen LogP contribution in [0, 0.1) is 5.82 Å². The summed E-state index contributed by atoms with van der Waals surface area (Å²) < 4.78 is 14.7. The summed E-state index contributed by atoms with van der Waals surface area (Å²) in [5, 5.41) is 0.735. The normalized spacial score (nSPS) is 10.8. The quantitative estimate of drug-likeness (QED) is 0.612. The molecule has 2 aromatic carbocycles. The lowest BCUT2D eigenvalue weighted by Crippen LogP contribution is -1.81. The van der Waals surface area contributed by atoms with Crippen molar-refractivity contribution in [3.05, 3.63) is 54.3 Å². The van der Waals surface area contributed by atoms with Gasteiger partial charge in [-0.05, 0) is 24.3 Å². The molecule has 1 aromatic heterocycles. The third-order valence-corrected chi connectivity index (χ3v) is 3.47. The van der Waals surface area contributed by atoms with Crippen molar-refractivity contribution in [1.29, 1.82) is 0 Å². The molecule has 0 unspecified atom stereocenters. The van der Waals surface area contributed by atoms with Crippen molar-refractivity contribution in [2.24, 2.45) is 0 Å². The van der Waals surface area contributed by atoms with E-state index in [-0.39, 0.29) is 5.82 Å². The number of thiazole rings is 1. The second kappa shape index (κ2) is 3.68. The molecule has 0 N–H and O–H groups in total. The highest BCUT2D eigenvalue weighted by Crippen LogP contribution is 2.31. The predicted octanol–water partition coefficient (Wildman–Crippen LogP) is 4.10. The highest BCUT2D eigenvalue weighted by molar-refractivity contribution is 7.21. The van der Waals surface area contributed by atoms with Gasteiger partial charge in [-0.3, -0.25) is 0 Å². The van der Waals surface area contributed by atoms with Crippen molar-refractivity contribution in [2.75, 3.05) is 0 Å². The minimum atomic E-state index is -0.221. The fourth-order valence-electron chi connectivity index (χ4n) is 1.62. The van der Waals surface area contributed by atoms with Gasteiger partial charge in [0.1, 0.15) is 10.8 Å². The molecule has 0 bridgehead atoms. The lowest BCUT2D eigenvalue weighted by Gasteiger charge is -1.96. The molecule has 0 amide bonds. The highest BCUT2D eigenvalue weighted by Gasteiger charge is 2.09. The average molecular weight is 229 g/mol. The van der Waals surface area contributed by atoms with E-state index in [0.717, 1.165) is 15.2 Å². The number of nitrogens with zero attached hydrogens (tertiary/aromatic N) is 1. The van der Waals surface area contributed by atoms with Crippen LogP contribution in [0.4, 0.5) is 4.39 Å². The van der Waals surface area contributed by atoms with Crippen molar-refractivity contribution in [1.82, 2.24) is 4.98 Å². The van der Waals surface area contributed by atoms with Gasteiger partial charge in [-0.15, -0.1) is 11.3 Å². The summed E-state index contributed by atoms with van der Waals surface area (Å²) in [7, 11) is 0. The number of hydrogen-bond donors (Lipinski definition) is 0. The number of rotatable bonds is 1. The molecule has 3 heteroatoms. The Morgan fingerprint density at radius 3 is 2.50 bits per heavy atom. The molecule has 1 heterocycles. The molecule has 3 aromatic rings. The first-order valence-corrected chi connectivity index (χ1v) is 5.77. The zero-order valence-corrected chi connectivity index (χ0v) is 9.17. The van der Waals surface area contributed by atoms with Crippen LogP contribution in [0.5, 0.6) is 0 Å². The number of benzene rings is 2. The van der Waals surface area contributed by atoms with Gasteiger partial charge in [0, 0.05) is 5.56 Å². The number of para-hydroxylation sites is 1. The Balaban J connectivity index is 2.23. The topological polar surface area (TPSA) is 12.9 Å². The second-order valence-corrected chi connectivity index (χ2v) is 4.50. The van der Waals surface area contributed by atoms with E-state index in [1.165, 1.54) is 17.4 Å². The minimum absolute atomic E-state index is 0.221. The smallest absolute Gasteiger partial charge is 0.133 e. The SMILES string of the molecule is Fc1ccccc1-c1nc2ccccc2s1. The van der Waals surface area contributed by atoms with Crippen LogP contribution in [0.2, 0.25) is 0 Å². The van der Waals surface area contributed by atoms with Gasteiger partial charge in [0.05, 0.1) is 10.2 Å². The summed E-state index contributed by atoms with van der Waals surface area (Å²) in [6, 6.07) is 14.6. The van der Waals surface area contributed by atoms with Crippen LogP contribution in [0.3, 0.4) is 0 Å². The van der Waals surface area contributed by atoms with Crippen LogP contribution in [0.15, 0.2) is 48.5 Å². The Kier molecular flexibility index (Phi) is 2.18. The summed E-state index contributed by atoms with van der Waals surface area (Å²) in [6.45, 7) is 0. The van der Waals surface area contributed by atoms with Crippen molar-refractivity contribution < 1.29 is 4.39 Å². The van der Waals surface area contributed by atoms with Gasteiger partial charge in [0.25, 0.3) is 0 Å². The van der Waals surface area contributed by atoms with Gasteiger partial charge in [-0.25, -0.2) is 9.37 Å². The zero-order chi connectivity index (χ0) is 11.0. The first-order valence-electron chi connectivity index (χ1n) is 4.95. The summed E-state index contributed by atoms with van der Waals surface area (Å²) in [4.78, 5) is 4.42. The maximum Gasteiger partial charge on any atom is 0.133 e. The highest BCUT2D eigenvalue weighted by atomic mass is 32.1. The van der Waals surface area contributed by atoms with E-state index < -0.39 is 0 Å². The fourth-order valence-corrected chi connectivity index (χ4v) is 2.61. The summed E-state index contributed by atoms with van der Waals surface area (Å²) >= 11 is 1.51. The minimum Gasteiger partial charge on any atom is -0.236 e. The zero-order valence-electron chi connectivity index (χ0n) is 8.35. The van der Waals surface area contributed by atoms with E-state index in [2.05, 4.69) is 4.98 Å². The molecule has 3 rings (SSSR count). The van der Waals surface area contributed by atoms with Gasteiger partial charge in [-0.2, -0.15) is 0 Å². The van der Waals surface area contributed by atoms with E-state index >= 15 is 0 Å². The van der Waals surface area contributed by atoms with Gasteiger partial charge in [0.15, 0.2) is 0 Å². The van der Waals surface area contributed by atoms with Crippen LogP contribution < -0.4 is 0 Å². The van der Waals surface area contributed by atoms with E-state index in [9.17, 15) is 4.39 Å². The molecule has 0 aliphatic rings. The van der Waals surface area contributed by atoms with Gasteiger partial charge < -0.3 is 0 Å². The first-order chi connectivity index (χ1) is 7.84. The summed E-state index contributed by atoms with van der Waals surface area (Å²) in [5.74, 6) is -0.221. The van der Waals surface area contributed by atoms with Crippen LogP contribution in [0.25, 0.3) is 20.8 Å². The Hall–Kier alpha value is -1.74. The van der Waals surface area contributed by atoms with Crippen molar-refractivity contribution in [3.63, 3.8) is 0 Å². The standard InChI is InChI=1S/C13H8FNS/c14-10-6-2-1-5-9(10)13-15-11-7-3-4-8-12(11)16-13/h1-8H. The number of aromatic nitrogens is 1. The lowest BCUT2D eigenvalue weighted by atomic mass is 10.2. The molecule has 0 spiro atoms. The van der Waals surface area contributed by atoms with Crippen molar-refractivity contribution >= 4 is 21.6 Å². The van der Waals surface area contributed by atoms with E-state index in [0.29, 0.717) is 5.56 Å². The molecule has 0 aliphatic carbocycles. The number of hydrogen-bond acceptors (Lipinski definition) is 2. The molecule has 0 saturated carbocycles. The third kappa shape index (κ3) is 1.49. The largest absolute Gasteiger partial charge is 0.236 e. The molecular formula is C13H8FNS. The molecule has 16 heavy (non-hydrogen) atoms. The number of fused-ring (bicyclic) bond motifs is 1. The monoisotopic (exact) mass is 229 g/mol. The summed E-state index contributed by atoms with van der Waals surface area (Å²) in [5.41, 5.74) is 1.49. The maximum absolute atomic E-state index is 13.6. The van der Waals surface area contributed by atoms with Crippen molar-refractivity contribution in [2.45, 2.75) is 0 Å². The Bertz CT molecular complexity index is 612. The second-order valence-electron chi connectivity index (χ2n) is 3.47. The average Bonchev–Trinajstić information content (AvgIpc) is 2.73. The molecule has 0 fully saturated rings. The van der Waals surface area contributed by atoms with E-state index in [4.69, 9.17) is 0 Å². The van der Waals surface area contributed by atoms with Crippen molar-refractivity contribution in [3.8, 4) is 10.6 Å². The van der Waals surface area contributed by atoms with E-state index in [1.807, 2.05) is 30.3 Å². The maximum atomic E-state index is 13.6. The van der Waals surface area contributed by atoms with Crippen LogP contribution in [0.1, 0.15) is 0 Å². The Morgan fingerprint density at radius 2 is 1.69 bits per heavy atom. The van der Waals surface area contributed by atoms with Gasteiger partial charge >= 0.3 is 0 Å². The van der Waals surface area contributed by atoms with Crippen LogP contribution in [-0.2, 0) is 0 Å². The van der Waals surface area contributed by atoms with Crippen LogP contribution >= 0.6 is 11.3 Å². The number of halogens is 1. The van der Waals surface area contributed by atoms with Gasteiger partial charge in [-0.1, -0.05) is 24.3 Å². The Morgan fingerprint density at radius 1 is 0.938 bits per heavy atom. The predicted molar refractivity (Wildman–Crippen MR) is 65.0 cm³/mol. The fraction of sp³-hybridized carbons (Fsp3) is 0. The molecule has 0 atom stereocenters. The molecule has 0 radical (unpaired) electrons. The Labute approximate surface area is 96.2 Å². The molecule has 0 aliphatic heterocycles.